The molecule has 2 aromatic carbocycles. The van der Waals surface area contributed by atoms with Gasteiger partial charge in [0, 0.05) is 43.4 Å². The number of nitrogens with zero attached hydrogens (tertiary/aromatic N) is 2. The minimum Gasteiger partial charge on any atom is -0.322 e. The van der Waals surface area contributed by atoms with Gasteiger partial charge in [0.05, 0.1) is 0 Å². The van der Waals surface area contributed by atoms with Gasteiger partial charge >= 0.3 is 6.03 Å². The molecule has 0 aliphatic carbocycles. The van der Waals surface area contributed by atoms with Crippen LogP contribution in [-0.4, -0.2) is 42.0 Å². The van der Waals surface area contributed by atoms with Crippen molar-refractivity contribution in [1.82, 2.24) is 9.80 Å². The third-order valence-corrected chi connectivity index (χ3v) is 5.29. The molecule has 138 valence electrons. The summed E-state index contributed by atoms with van der Waals surface area (Å²) in [6.07, 6.45) is 0. The van der Waals surface area contributed by atoms with Gasteiger partial charge in [-0.2, -0.15) is 0 Å². The van der Waals surface area contributed by atoms with Crippen LogP contribution >= 0.6 is 11.6 Å². The van der Waals surface area contributed by atoms with Crippen molar-refractivity contribution in [3.63, 3.8) is 0 Å². The maximum atomic E-state index is 12.7. The van der Waals surface area contributed by atoms with Crippen molar-refractivity contribution < 1.29 is 4.79 Å². The van der Waals surface area contributed by atoms with E-state index < -0.39 is 0 Å². The van der Waals surface area contributed by atoms with E-state index in [1.165, 1.54) is 5.56 Å². The van der Waals surface area contributed by atoms with E-state index >= 15 is 0 Å². The van der Waals surface area contributed by atoms with Gasteiger partial charge in [-0.1, -0.05) is 47.5 Å². The van der Waals surface area contributed by atoms with Crippen molar-refractivity contribution >= 4 is 23.3 Å². The van der Waals surface area contributed by atoms with E-state index in [1.807, 2.05) is 36.9 Å². The number of piperazine rings is 1. The predicted molar refractivity (Wildman–Crippen MR) is 108 cm³/mol. The molecule has 4 nitrogen and oxygen atoms in total. The first-order valence-corrected chi connectivity index (χ1v) is 9.41. The second-order valence-electron chi connectivity index (χ2n) is 7.06. The van der Waals surface area contributed by atoms with Crippen LogP contribution in [0.1, 0.15) is 22.3 Å². The Labute approximate surface area is 160 Å². The number of nitrogens with one attached hydrogen (secondary N) is 1. The molecular weight excluding hydrogens is 346 g/mol. The molecule has 0 aromatic heterocycles. The smallest absolute Gasteiger partial charge is 0.321 e. The molecule has 0 atom stereocenters. The highest BCUT2D eigenvalue weighted by molar-refractivity contribution is 6.31. The van der Waals surface area contributed by atoms with Gasteiger partial charge in [-0.15, -0.1) is 0 Å². The maximum absolute atomic E-state index is 12.7. The van der Waals surface area contributed by atoms with Gasteiger partial charge in [0.1, 0.15) is 0 Å². The molecule has 0 bridgehead atoms. The van der Waals surface area contributed by atoms with Crippen molar-refractivity contribution in [2.45, 2.75) is 27.3 Å². The monoisotopic (exact) mass is 371 g/mol. The number of hydrogen-bond donors (Lipinski definition) is 1. The number of hydrogen-bond acceptors (Lipinski definition) is 2. The molecule has 2 aromatic rings. The predicted octanol–water partition coefficient (Wildman–Crippen LogP) is 4.61. The molecule has 3 rings (SSSR count). The first-order chi connectivity index (χ1) is 12.4. The van der Waals surface area contributed by atoms with E-state index in [9.17, 15) is 4.79 Å². The number of urea groups is 1. The number of rotatable bonds is 3. The summed E-state index contributed by atoms with van der Waals surface area (Å²) >= 11 is 6.25. The number of carbonyl (C=O) groups is 1. The van der Waals surface area contributed by atoms with E-state index in [-0.39, 0.29) is 6.03 Å². The summed E-state index contributed by atoms with van der Waals surface area (Å²) in [5.41, 5.74) is 5.49. The molecule has 1 aliphatic rings. The van der Waals surface area contributed by atoms with Gasteiger partial charge in [-0.25, -0.2) is 4.79 Å². The summed E-state index contributed by atoms with van der Waals surface area (Å²) in [5, 5.41) is 3.90. The lowest BCUT2D eigenvalue weighted by atomic mass is 10.1. The molecule has 1 aliphatic heterocycles. The zero-order valence-electron chi connectivity index (χ0n) is 15.7. The third kappa shape index (κ3) is 4.37. The number of anilines is 1. The largest absolute Gasteiger partial charge is 0.322 e. The van der Waals surface area contributed by atoms with Crippen molar-refractivity contribution in [3.8, 4) is 0 Å². The van der Waals surface area contributed by atoms with E-state index in [0.717, 1.165) is 60.1 Å². The lowest BCUT2D eigenvalue weighted by molar-refractivity contribution is 0.143. The molecule has 0 radical (unpaired) electrons. The second-order valence-corrected chi connectivity index (χ2v) is 7.47. The summed E-state index contributed by atoms with van der Waals surface area (Å²) in [5.74, 6) is 0. The average molecular weight is 372 g/mol. The summed E-state index contributed by atoms with van der Waals surface area (Å²) < 4.78 is 0. The fourth-order valence-corrected chi connectivity index (χ4v) is 3.74. The topological polar surface area (TPSA) is 35.6 Å². The van der Waals surface area contributed by atoms with Gasteiger partial charge < -0.3 is 10.2 Å². The minimum absolute atomic E-state index is 0.0163. The standard InChI is InChI=1S/C21H26ClN3O/c1-15-12-16(2)20(17(3)13-15)23-21(26)25-10-8-24(9-11-25)14-18-6-4-5-7-19(18)22/h4-7,12-13H,8-11,14H2,1-3H3,(H,23,26). The second kappa shape index (κ2) is 8.11. The maximum Gasteiger partial charge on any atom is 0.321 e. The van der Waals surface area contributed by atoms with Crippen LogP contribution in [0.25, 0.3) is 0 Å². The fraction of sp³-hybridized carbons (Fsp3) is 0.381. The van der Waals surface area contributed by atoms with Crippen LogP contribution in [0.2, 0.25) is 5.02 Å². The van der Waals surface area contributed by atoms with E-state index in [1.54, 1.807) is 0 Å². The highest BCUT2D eigenvalue weighted by Crippen LogP contribution is 2.23. The highest BCUT2D eigenvalue weighted by Gasteiger charge is 2.22. The van der Waals surface area contributed by atoms with Crippen LogP contribution in [0.3, 0.4) is 0 Å². The Kier molecular flexibility index (Phi) is 5.84. The zero-order valence-corrected chi connectivity index (χ0v) is 16.4. The SMILES string of the molecule is Cc1cc(C)c(NC(=O)N2CCN(Cc3ccccc3Cl)CC2)c(C)c1. The van der Waals surface area contributed by atoms with Crippen LogP contribution in [0.15, 0.2) is 36.4 Å². The Bertz CT molecular complexity index is 775. The van der Waals surface area contributed by atoms with Gasteiger partial charge in [-0.3, -0.25) is 4.90 Å². The van der Waals surface area contributed by atoms with Crippen molar-refractivity contribution in [3.05, 3.63) is 63.7 Å². The lowest BCUT2D eigenvalue weighted by Gasteiger charge is -2.35. The molecule has 0 spiro atoms. The number of aryl methyl sites for hydroxylation is 3. The van der Waals surface area contributed by atoms with Crippen LogP contribution < -0.4 is 5.32 Å². The van der Waals surface area contributed by atoms with Gasteiger partial charge in [-0.05, 0) is 43.5 Å². The van der Waals surface area contributed by atoms with Crippen molar-refractivity contribution in [1.29, 1.82) is 0 Å². The quantitative estimate of drug-likeness (QED) is 0.854. The van der Waals surface area contributed by atoms with Gasteiger partial charge in [0.2, 0.25) is 0 Å². The third-order valence-electron chi connectivity index (χ3n) is 4.92. The van der Waals surface area contributed by atoms with Crippen LogP contribution in [0, 0.1) is 20.8 Å². The normalized spacial score (nSPS) is 15.2. The number of benzene rings is 2. The molecule has 1 heterocycles. The Morgan fingerprint density at radius 3 is 2.27 bits per heavy atom. The highest BCUT2D eigenvalue weighted by atomic mass is 35.5. The first kappa shape index (κ1) is 18.7. The Hall–Kier alpha value is -2.04. The van der Waals surface area contributed by atoms with Crippen LogP contribution in [0.5, 0.6) is 0 Å². The van der Waals surface area contributed by atoms with Crippen molar-refractivity contribution in [2.75, 3.05) is 31.5 Å². The van der Waals surface area contributed by atoms with Gasteiger partial charge in [0.15, 0.2) is 0 Å². The lowest BCUT2D eigenvalue weighted by Crippen LogP contribution is -2.49. The molecule has 5 heteroatoms. The first-order valence-electron chi connectivity index (χ1n) is 9.03. The van der Waals surface area contributed by atoms with Gasteiger partial charge in [0.25, 0.3) is 0 Å². The summed E-state index contributed by atoms with van der Waals surface area (Å²) in [6.45, 7) is 10.1. The molecule has 1 fully saturated rings. The molecular formula is C21H26ClN3O. The van der Waals surface area contributed by atoms with Crippen LogP contribution in [0.4, 0.5) is 10.5 Å². The number of carbonyl (C=O) groups excluding carboxylic acids is 1. The summed E-state index contributed by atoms with van der Waals surface area (Å²) in [7, 11) is 0. The molecule has 1 N–H and O–H groups in total. The molecule has 0 unspecified atom stereocenters. The molecule has 1 saturated heterocycles. The van der Waals surface area contributed by atoms with E-state index in [4.69, 9.17) is 11.6 Å². The Balaban J connectivity index is 1.56. The van der Waals surface area contributed by atoms with E-state index in [2.05, 4.69) is 35.3 Å². The van der Waals surface area contributed by atoms with Crippen LogP contribution in [-0.2, 0) is 6.54 Å². The van der Waals surface area contributed by atoms with Crippen molar-refractivity contribution in [2.24, 2.45) is 0 Å². The Morgan fingerprint density at radius 1 is 1.04 bits per heavy atom. The number of amides is 2. The van der Waals surface area contributed by atoms with E-state index in [0.29, 0.717) is 0 Å². The number of halogens is 1. The molecule has 0 saturated carbocycles. The Morgan fingerprint density at radius 2 is 1.65 bits per heavy atom. The molecule has 26 heavy (non-hydrogen) atoms. The average Bonchev–Trinajstić information content (AvgIpc) is 2.60. The summed E-state index contributed by atoms with van der Waals surface area (Å²) in [4.78, 5) is 16.9. The zero-order chi connectivity index (χ0) is 18.7. The summed E-state index contributed by atoms with van der Waals surface area (Å²) in [6, 6.07) is 12.1. The minimum atomic E-state index is -0.0163. The fourth-order valence-electron chi connectivity index (χ4n) is 3.54. The molecule has 2 amide bonds.